The maximum Gasteiger partial charge on any atom is 1.00 e. The largest absolute Gasteiger partial charge is 1.00 e. The van der Waals surface area contributed by atoms with Crippen LogP contribution in [0.5, 0.6) is 0 Å². The molecule has 3 heteroatoms. The summed E-state index contributed by atoms with van der Waals surface area (Å²) in [5, 5.41) is 9.17. The molecule has 0 radical (unpaired) electrons. The quantitative estimate of drug-likeness (QED) is 0.268. The summed E-state index contributed by atoms with van der Waals surface area (Å²) < 4.78 is 0. The van der Waals surface area contributed by atoms with Gasteiger partial charge in [-0.2, -0.15) is 0 Å². The molecular formula is C33H34Li2Si. The van der Waals surface area contributed by atoms with E-state index in [1.54, 1.807) is 27.1 Å². The molecule has 0 aromatic heterocycles. The van der Waals surface area contributed by atoms with E-state index < -0.39 is 8.07 Å². The fourth-order valence-electron chi connectivity index (χ4n) is 6.45. The fraction of sp³-hybridized carbons (Fsp3) is 0.273. The standard InChI is InChI=1S/C33H34Si.2Li/c1-22(24-11-6-5-7-12-24)17-27-21-33(31-20-26-14-10-13-25(26)19-30(27)31)34(3,4)32-18-23(2)28-15-8-9-16-29(28)32;;/h5-9,11-12,15-16,18-22H,10,13-14,17H2,1-4H3;;/q-2;2*+1. The van der Waals surface area contributed by atoms with Crippen LogP contribution in [0.2, 0.25) is 13.1 Å². The van der Waals surface area contributed by atoms with Gasteiger partial charge in [0.1, 0.15) is 0 Å². The second kappa shape index (κ2) is 10.6. The molecule has 6 rings (SSSR count). The summed E-state index contributed by atoms with van der Waals surface area (Å²) in [6.45, 7) is 9.80. The van der Waals surface area contributed by atoms with E-state index >= 15 is 0 Å². The Morgan fingerprint density at radius 2 is 1.50 bits per heavy atom. The van der Waals surface area contributed by atoms with E-state index in [9.17, 15) is 0 Å². The van der Waals surface area contributed by atoms with Crippen LogP contribution in [0, 0.1) is 6.92 Å². The van der Waals surface area contributed by atoms with Crippen LogP contribution >= 0.6 is 0 Å². The summed E-state index contributed by atoms with van der Waals surface area (Å²) in [5.41, 5.74) is 7.58. The third-order valence-electron chi connectivity index (χ3n) is 8.43. The van der Waals surface area contributed by atoms with Gasteiger partial charge < -0.3 is 0 Å². The normalized spacial score (nSPS) is 13.9. The number of aryl methyl sites for hydroxylation is 3. The van der Waals surface area contributed by atoms with Gasteiger partial charge in [-0.05, 0) is 24.3 Å². The van der Waals surface area contributed by atoms with E-state index in [0.717, 1.165) is 6.42 Å². The van der Waals surface area contributed by atoms with Crippen LogP contribution in [-0.2, 0) is 19.3 Å². The molecule has 172 valence electrons. The Kier molecular flexibility index (Phi) is 8.03. The van der Waals surface area contributed by atoms with Crippen LogP contribution in [0.15, 0.2) is 78.9 Å². The minimum atomic E-state index is -1.91. The first kappa shape index (κ1) is 27.3. The molecule has 36 heavy (non-hydrogen) atoms. The maximum absolute atomic E-state index is 2.61. The van der Waals surface area contributed by atoms with E-state index in [1.807, 2.05) is 0 Å². The molecule has 1 atom stereocenters. The average molecular weight is 473 g/mol. The first-order valence-corrected chi connectivity index (χ1v) is 15.9. The molecule has 1 aliphatic carbocycles. The van der Waals surface area contributed by atoms with Crippen LogP contribution in [0.25, 0.3) is 21.5 Å². The third-order valence-corrected chi connectivity index (χ3v) is 12.0. The Labute approximate surface area is 241 Å². The Morgan fingerprint density at radius 1 is 0.806 bits per heavy atom. The second-order valence-electron chi connectivity index (χ2n) is 11.0. The molecule has 0 saturated carbocycles. The SMILES string of the molecule is Cc1cc([Si](C)(C)c2cc(CC(C)c3ccccc3)[c-]3cc4c(cc23)CCC4)c2cccc[c-]12.[Li+].[Li+]. The first-order chi connectivity index (χ1) is 16.4. The first-order valence-electron chi connectivity index (χ1n) is 12.9. The van der Waals surface area contributed by atoms with Gasteiger partial charge in [-0.1, -0.05) is 80.9 Å². The maximum atomic E-state index is 2.61. The topological polar surface area (TPSA) is 0 Å². The number of rotatable bonds is 5. The molecule has 1 aliphatic rings. The summed E-state index contributed by atoms with van der Waals surface area (Å²) in [7, 11) is -1.91. The van der Waals surface area contributed by atoms with Crippen molar-refractivity contribution in [1.82, 2.24) is 0 Å². The van der Waals surface area contributed by atoms with Crippen molar-refractivity contribution in [3.63, 3.8) is 0 Å². The van der Waals surface area contributed by atoms with Gasteiger partial charge in [0.2, 0.25) is 0 Å². The Morgan fingerprint density at radius 3 is 2.28 bits per heavy atom. The van der Waals surface area contributed by atoms with Crippen LogP contribution in [-0.4, -0.2) is 8.07 Å². The van der Waals surface area contributed by atoms with Gasteiger partial charge in [0, 0.05) is 8.07 Å². The van der Waals surface area contributed by atoms with Gasteiger partial charge in [0.25, 0.3) is 0 Å². The zero-order valence-corrected chi connectivity index (χ0v) is 23.9. The van der Waals surface area contributed by atoms with Gasteiger partial charge >= 0.3 is 37.7 Å². The van der Waals surface area contributed by atoms with Crippen molar-refractivity contribution in [2.24, 2.45) is 0 Å². The molecule has 0 heterocycles. The van der Waals surface area contributed by atoms with Gasteiger partial charge in [-0.15, -0.1) is 91.9 Å². The fourth-order valence-corrected chi connectivity index (χ4v) is 9.63. The number of fused-ring (bicyclic) bond motifs is 3. The van der Waals surface area contributed by atoms with Crippen molar-refractivity contribution >= 4 is 40.0 Å². The van der Waals surface area contributed by atoms with E-state index in [0.29, 0.717) is 5.92 Å². The molecule has 0 amide bonds. The molecule has 0 aliphatic heterocycles. The second-order valence-corrected chi connectivity index (χ2v) is 15.4. The number of hydrogen-bond donors (Lipinski definition) is 0. The zero-order chi connectivity index (χ0) is 23.4. The predicted molar refractivity (Wildman–Crippen MR) is 151 cm³/mol. The average Bonchev–Trinajstić information content (AvgIpc) is 3.55. The van der Waals surface area contributed by atoms with E-state index in [1.165, 1.54) is 51.9 Å². The van der Waals surface area contributed by atoms with E-state index in [4.69, 9.17) is 0 Å². The minimum absolute atomic E-state index is 0. The van der Waals surface area contributed by atoms with Crippen LogP contribution in [0.3, 0.4) is 0 Å². The summed E-state index contributed by atoms with van der Waals surface area (Å²) in [6.07, 6.45) is 4.89. The van der Waals surface area contributed by atoms with Crippen LogP contribution in [0.1, 0.15) is 47.1 Å². The smallest absolute Gasteiger partial charge is 0.148 e. The summed E-state index contributed by atoms with van der Waals surface area (Å²) in [5.74, 6) is 0.514. The number of benzene rings is 3. The van der Waals surface area contributed by atoms with Crippen molar-refractivity contribution in [2.45, 2.75) is 58.5 Å². The van der Waals surface area contributed by atoms with Crippen molar-refractivity contribution in [2.75, 3.05) is 0 Å². The zero-order valence-electron chi connectivity index (χ0n) is 22.9. The van der Waals surface area contributed by atoms with E-state index in [-0.39, 0.29) is 37.7 Å². The summed E-state index contributed by atoms with van der Waals surface area (Å²) in [4.78, 5) is 0. The van der Waals surface area contributed by atoms with Gasteiger partial charge in [-0.25, -0.2) is 0 Å². The van der Waals surface area contributed by atoms with Crippen molar-refractivity contribution < 1.29 is 37.7 Å². The van der Waals surface area contributed by atoms with Crippen molar-refractivity contribution in [3.8, 4) is 0 Å². The summed E-state index contributed by atoms with van der Waals surface area (Å²) in [6, 6.07) is 30.3. The molecular weight excluding hydrogens is 438 g/mol. The molecule has 1 unspecified atom stereocenters. The predicted octanol–water partition coefficient (Wildman–Crippen LogP) is 1.40. The number of hydrogen-bond acceptors (Lipinski definition) is 0. The molecule has 0 spiro atoms. The van der Waals surface area contributed by atoms with Crippen LogP contribution < -0.4 is 48.1 Å². The van der Waals surface area contributed by atoms with Crippen LogP contribution in [0.4, 0.5) is 0 Å². The molecule has 0 saturated heterocycles. The van der Waals surface area contributed by atoms with Gasteiger partial charge in [-0.3, -0.25) is 0 Å². The van der Waals surface area contributed by atoms with Crippen molar-refractivity contribution in [1.29, 1.82) is 0 Å². The molecule has 5 aromatic rings. The monoisotopic (exact) mass is 472 g/mol. The van der Waals surface area contributed by atoms with E-state index in [2.05, 4.69) is 106 Å². The molecule has 0 N–H and O–H groups in total. The molecule has 0 bridgehead atoms. The van der Waals surface area contributed by atoms with Crippen molar-refractivity contribution in [3.05, 3.63) is 107 Å². The van der Waals surface area contributed by atoms with Gasteiger partial charge in [0.15, 0.2) is 0 Å². The molecule has 0 fully saturated rings. The Bertz CT molecular complexity index is 1500. The summed E-state index contributed by atoms with van der Waals surface area (Å²) >= 11 is 0. The van der Waals surface area contributed by atoms with Gasteiger partial charge in [0.05, 0.1) is 0 Å². The third kappa shape index (κ3) is 4.56. The minimum Gasteiger partial charge on any atom is -0.148 e. The Balaban J connectivity index is 0.00000152. The molecule has 5 aromatic carbocycles. The molecule has 0 nitrogen and oxygen atoms in total. The Hall–Kier alpha value is -1.71.